The van der Waals surface area contributed by atoms with Gasteiger partial charge in [-0.2, -0.15) is 0 Å². The van der Waals surface area contributed by atoms with E-state index in [4.69, 9.17) is 5.73 Å². The van der Waals surface area contributed by atoms with Crippen LogP contribution in [0, 0.1) is 6.92 Å². The second-order valence-corrected chi connectivity index (χ2v) is 7.06. The molecule has 0 aliphatic rings. The van der Waals surface area contributed by atoms with E-state index in [2.05, 4.69) is 9.71 Å². The van der Waals surface area contributed by atoms with Crippen LogP contribution in [0.15, 0.2) is 28.5 Å². The van der Waals surface area contributed by atoms with Crippen LogP contribution >= 0.6 is 11.3 Å². The van der Waals surface area contributed by atoms with E-state index in [1.807, 2.05) is 12.3 Å². The monoisotopic (exact) mass is 313 g/mol. The van der Waals surface area contributed by atoms with E-state index in [-0.39, 0.29) is 22.9 Å². The van der Waals surface area contributed by atoms with Gasteiger partial charge in [0, 0.05) is 18.3 Å². The fraction of sp³-hybridized carbons (Fsp3) is 0.250. The number of thiazole rings is 1. The molecule has 0 aliphatic heterocycles. The van der Waals surface area contributed by atoms with Crippen molar-refractivity contribution in [3.63, 3.8) is 0 Å². The lowest BCUT2D eigenvalue weighted by atomic mass is 10.3. The molecule has 6 nitrogen and oxygen atoms in total. The van der Waals surface area contributed by atoms with Crippen molar-refractivity contribution in [2.75, 3.05) is 12.3 Å². The summed E-state index contributed by atoms with van der Waals surface area (Å²) in [6.45, 7) is 2.16. The molecule has 1 aromatic carbocycles. The molecule has 2 rings (SSSR count). The first-order valence-electron chi connectivity index (χ1n) is 5.87. The van der Waals surface area contributed by atoms with Gasteiger partial charge in [0.05, 0.1) is 21.3 Å². The van der Waals surface area contributed by atoms with Gasteiger partial charge in [0.25, 0.3) is 0 Å². The van der Waals surface area contributed by atoms with E-state index >= 15 is 0 Å². The van der Waals surface area contributed by atoms with E-state index in [1.54, 1.807) is 0 Å². The van der Waals surface area contributed by atoms with Crippen LogP contribution in [0.3, 0.4) is 0 Å². The molecule has 0 saturated heterocycles. The molecule has 0 amide bonds. The summed E-state index contributed by atoms with van der Waals surface area (Å²) in [6, 6.07) is 3.79. The zero-order chi connectivity index (χ0) is 14.8. The van der Waals surface area contributed by atoms with Gasteiger partial charge in [-0.1, -0.05) is 0 Å². The van der Waals surface area contributed by atoms with Crippen molar-refractivity contribution in [2.24, 2.45) is 0 Å². The molecule has 1 aromatic heterocycles. The summed E-state index contributed by atoms with van der Waals surface area (Å²) in [5.74, 6) is -0.137. The molecule has 4 N–H and O–H groups in total. The van der Waals surface area contributed by atoms with Gasteiger partial charge in [0.15, 0.2) is 0 Å². The third kappa shape index (κ3) is 3.47. The molecule has 0 aliphatic carbocycles. The zero-order valence-corrected chi connectivity index (χ0v) is 12.5. The highest BCUT2D eigenvalue weighted by Gasteiger charge is 2.15. The van der Waals surface area contributed by atoms with E-state index in [0.29, 0.717) is 6.42 Å². The van der Waals surface area contributed by atoms with Crippen LogP contribution < -0.4 is 10.5 Å². The fourth-order valence-corrected chi connectivity index (χ4v) is 3.33. The van der Waals surface area contributed by atoms with Crippen molar-refractivity contribution in [1.29, 1.82) is 0 Å². The van der Waals surface area contributed by atoms with Crippen molar-refractivity contribution in [1.82, 2.24) is 9.71 Å². The van der Waals surface area contributed by atoms with Crippen molar-refractivity contribution < 1.29 is 13.5 Å². The number of aromatic nitrogens is 1. The summed E-state index contributed by atoms with van der Waals surface area (Å²) in [4.78, 5) is 4.29. The molecule has 0 unspecified atom stereocenters. The van der Waals surface area contributed by atoms with Crippen molar-refractivity contribution >= 4 is 27.0 Å². The van der Waals surface area contributed by atoms with Gasteiger partial charge in [-0.05, 0) is 25.1 Å². The molecule has 0 fully saturated rings. The molecule has 0 radical (unpaired) electrons. The van der Waals surface area contributed by atoms with Crippen molar-refractivity contribution in [2.45, 2.75) is 18.2 Å². The average molecular weight is 313 g/mol. The average Bonchev–Trinajstić information content (AvgIpc) is 2.78. The Morgan fingerprint density at radius 1 is 1.45 bits per heavy atom. The Morgan fingerprint density at radius 3 is 2.80 bits per heavy atom. The maximum Gasteiger partial charge on any atom is 0.240 e. The number of hydrogen-bond donors (Lipinski definition) is 3. The highest BCUT2D eigenvalue weighted by molar-refractivity contribution is 7.89. The number of nitrogens with one attached hydrogen (secondary N) is 1. The Morgan fingerprint density at radius 2 is 2.20 bits per heavy atom. The summed E-state index contributed by atoms with van der Waals surface area (Å²) >= 11 is 1.53. The topological polar surface area (TPSA) is 105 Å². The first-order chi connectivity index (χ1) is 9.38. The first kappa shape index (κ1) is 14.8. The van der Waals surface area contributed by atoms with Gasteiger partial charge in [-0.15, -0.1) is 11.3 Å². The number of nitrogen functional groups attached to an aromatic ring is 1. The molecule has 20 heavy (non-hydrogen) atoms. The highest BCUT2D eigenvalue weighted by Crippen LogP contribution is 2.22. The summed E-state index contributed by atoms with van der Waals surface area (Å²) < 4.78 is 26.5. The predicted molar refractivity (Wildman–Crippen MR) is 78.3 cm³/mol. The van der Waals surface area contributed by atoms with Crippen LogP contribution in [0.5, 0.6) is 5.75 Å². The normalized spacial score (nSPS) is 11.7. The van der Waals surface area contributed by atoms with Gasteiger partial charge >= 0.3 is 0 Å². The van der Waals surface area contributed by atoms with E-state index < -0.39 is 10.0 Å². The largest absolute Gasteiger partial charge is 0.506 e. The molecular weight excluding hydrogens is 298 g/mol. The number of rotatable bonds is 5. The fourth-order valence-electron chi connectivity index (χ4n) is 1.62. The molecular formula is C12H15N3O3S2. The standard InChI is InChI=1S/C12H15N3O3S2/c1-8-15-9(7-19-8)4-5-14-20(17,18)10-2-3-12(16)11(13)6-10/h2-3,6-7,14,16H,4-5,13H2,1H3. The van der Waals surface area contributed by atoms with Gasteiger partial charge in [0.2, 0.25) is 10.0 Å². The third-order valence-electron chi connectivity index (χ3n) is 2.65. The van der Waals surface area contributed by atoms with Gasteiger partial charge in [-0.3, -0.25) is 0 Å². The Hall–Kier alpha value is -1.64. The minimum absolute atomic E-state index is 0.0299. The summed E-state index contributed by atoms with van der Waals surface area (Å²) in [5, 5.41) is 12.1. The van der Waals surface area contributed by atoms with Crippen LogP contribution in [0.25, 0.3) is 0 Å². The van der Waals surface area contributed by atoms with Crippen LogP contribution in [-0.2, 0) is 16.4 Å². The van der Waals surface area contributed by atoms with Gasteiger partial charge in [-0.25, -0.2) is 18.1 Å². The lowest BCUT2D eigenvalue weighted by Crippen LogP contribution is -2.26. The molecule has 8 heteroatoms. The highest BCUT2D eigenvalue weighted by atomic mass is 32.2. The maximum absolute atomic E-state index is 12.0. The number of benzene rings is 1. The van der Waals surface area contributed by atoms with E-state index in [1.165, 1.54) is 29.5 Å². The van der Waals surface area contributed by atoms with Crippen LogP contribution in [0.4, 0.5) is 5.69 Å². The second-order valence-electron chi connectivity index (χ2n) is 4.23. The number of hydrogen-bond acceptors (Lipinski definition) is 6. The number of anilines is 1. The van der Waals surface area contributed by atoms with Gasteiger partial charge in [0.1, 0.15) is 5.75 Å². The quantitative estimate of drug-likeness (QED) is 0.569. The number of phenols is 1. The molecule has 0 saturated carbocycles. The number of nitrogens with two attached hydrogens (primary N) is 1. The number of phenolic OH excluding ortho intramolecular Hbond substituents is 1. The molecule has 0 spiro atoms. The van der Waals surface area contributed by atoms with Crippen LogP contribution in [0.2, 0.25) is 0 Å². The van der Waals surface area contributed by atoms with Crippen molar-refractivity contribution in [3.8, 4) is 5.75 Å². The Labute approximate surface area is 121 Å². The molecule has 0 atom stereocenters. The Kier molecular flexibility index (Phi) is 4.26. The zero-order valence-electron chi connectivity index (χ0n) is 10.8. The minimum atomic E-state index is -3.63. The Balaban J connectivity index is 2.02. The van der Waals surface area contributed by atoms with Crippen LogP contribution in [-0.4, -0.2) is 25.1 Å². The van der Waals surface area contributed by atoms with Crippen LogP contribution in [0.1, 0.15) is 10.7 Å². The summed E-state index contributed by atoms with van der Waals surface area (Å²) in [7, 11) is -3.63. The first-order valence-corrected chi connectivity index (χ1v) is 8.24. The van der Waals surface area contributed by atoms with E-state index in [9.17, 15) is 13.5 Å². The summed E-state index contributed by atoms with van der Waals surface area (Å²) in [6.07, 6.45) is 0.525. The predicted octanol–water partition coefficient (Wildman–Crippen LogP) is 1.26. The number of aryl methyl sites for hydroxylation is 1. The number of nitrogens with zero attached hydrogens (tertiary/aromatic N) is 1. The number of aromatic hydroxyl groups is 1. The van der Waals surface area contributed by atoms with E-state index in [0.717, 1.165) is 10.7 Å². The van der Waals surface area contributed by atoms with Crippen molar-refractivity contribution in [3.05, 3.63) is 34.3 Å². The third-order valence-corrected chi connectivity index (χ3v) is 4.93. The minimum Gasteiger partial charge on any atom is -0.506 e. The summed E-state index contributed by atoms with van der Waals surface area (Å²) in [5.41, 5.74) is 6.38. The smallest absolute Gasteiger partial charge is 0.240 e. The molecule has 108 valence electrons. The maximum atomic E-state index is 12.0. The molecule has 2 aromatic rings. The molecule has 1 heterocycles. The number of sulfonamides is 1. The lowest BCUT2D eigenvalue weighted by molar-refractivity contribution is 0.477. The second kappa shape index (κ2) is 5.78. The van der Waals surface area contributed by atoms with Gasteiger partial charge < -0.3 is 10.8 Å². The lowest BCUT2D eigenvalue weighted by Gasteiger charge is -2.07. The SMILES string of the molecule is Cc1nc(CCNS(=O)(=O)c2ccc(O)c(N)c2)cs1. The molecule has 0 bridgehead atoms. The Bertz CT molecular complexity index is 710.